The number of nitrogens with zero attached hydrogens (tertiary/aromatic N) is 2. The van der Waals surface area contributed by atoms with E-state index in [-0.39, 0.29) is 10.9 Å². The van der Waals surface area contributed by atoms with Crippen LogP contribution in [0.1, 0.15) is 19.4 Å². The van der Waals surface area contributed by atoms with E-state index in [1.807, 2.05) is 44.2 Å². The molecule has 5 heteroatoms. The van der Waals surface area contributed by atoms with Gasteiger partial charge in [0.05, 0.1) is 0 Å². The lowest BCUT2D eigenvalue weighted by atomic mass is 10.2. The third-order valence-electron chi connectivity index (χ3n) is 3.00. The molecule has 106 valence electrons. The third kappa shape index (κ3) is 3.23. The van der Waals surface area contributed by atoms with Crippen LogP contribution in [-0.4, -0.2) is 23.7 Å². The molecule has 0 aliphatic rings. The van der Waals surface area contributed by atoms with Gasteiger partial charge in [-0.3, -0.25) is 4.98 Å². The van der Waals surface area contributed by atoms with Gasteiger partial charge in [0.25, 0.3) is 0 Å². The number of aromatic nitrogens is 1. The van der Waals surface area contributed by atoms with Gasteiger partial charge in [0, 0.05) is 25.0 Å². The van der Waals surface area contributed by atoms with Crippen LogP contribution in [0, 0.1) is 0 Å². The minimum Gasteiger partial charge on any atom is -0.263 e. The van der Waals surface area contributed by atoms with E-state index in [9.17, 15) is 8.42 Å². The predicted octanol–water partition coefficient (Wildman–Crippen LogP) is 2.68. The average Bonchev–Trinajstić information content (AvgIpc) is 2.46. The topological polar surface area (TPSA) is 50.3 Å². The highest BCUT2D eigenvalue weighted by Crippen LogP contribution is 2.20. The van der Waals surface area contributed by atoms with E-state index in [1.165, 1.54) is 10.5 Å². The Hall–Kier alpha value is -1.72. The molecule has 2 aromatic rings. The van der Waals surface area contributed by atoms with Gasteiger partial charge >= 0.3 is 0 Å². The third-order valence-corrected chi connectivity index (χ3v) is 5.00. The van der Waals surface area contributed by atoms with Crippen LogP contribution in [0.3, 0.4) is 0 Å². The van der Waals surface area contributed by atoms with Crippen LogP contribution in [0.2, 0.25) is 0 Å². The van der Waals surface area contributed by atoms with Crippen molar-refractivity contribution >= 4 is 10.0 Å². The molecule has 0 radical (unpaired) electrons. The van der Waals surface area contributed by atoms with Crippen LogP contribution in [0.15, 0.2) is 59.8 Å². The van der Waals surface area contributed by atoms with Gasteiger partial charge in [-0.05, 0) is 31.5 Å². The number of pyridine rings is 1. The molecule has 0 spiro atoms. The van der Waals surface area contributed by atoms with E-state index in [0.29, 0.717) is 6.54 Å². The summed E-state index contributed by atoms with van der Waals surface area (Å²) in [6, 6.07) is 12.7. The molecule has 1 aromatic heterocycles. The number of hydrogen-bond acceptors (Lipinski definition) is 3. The van der Waals surface area contributed by atoms with Gasteiger partial charge in [-0.15, -0.1) is 0 Å². The maximum absolute atomic E-state index is 12.7. The lowest BCUT2D eigenvalue weighted by Gasteiger charge is -2.25. The molecular weight excluding hydrogens is 272 g/mol. The van der Waals surface area contributed by atoms with E-state index in [2.05, 4.69) is 4.98 Å². The highest BCUT2D eigenvalue weighted by Gasteiger charge is 2.27. The van der Waals surface area contributed by atoms with Gasteiger partial charge in [0.15, 0.2) is 0 Å². The molecule has 1 aromatic carbocycles. The number of hydrogen-bond donors (Lipinski definition) is 0. The summed E-state index contributed by atoms with van der Waals surface area (Å²) in [6.07, 6.45) is 2.95. The Morgan fingerprint density at radius 3 is 2.35 bits per heavy atom. The summed E-state index contributed by atoms with van der Waals surface area (Å²) in [6.45, 7) is 4.10. The molecule has 0 aliphatic heterocycles. The summed E-state index contributed by atoms with van der Waals surface area (Å²) in [4.78, 5) is 4.12. The van der Waals surface area contributed by atoms with Crippen LogP contribution in [-0.2, 0) is 16.6 Å². The molecular formula is C15H18N2O2S. The number of benzene rings is 1. The minimum absolute atomic E-state index is 0.125. The summed E-state index contributed by atoms with van der Waals surface area (Å²) >= 11 is 0. The first-order valence-corrected chi connectivity index (χ1v) is 7.91. The first kappa shape index (κ1) is 14.7. The van der Waals surface area contributed by atoms with Crippen LogP contribution in [0.25, 0.3) is 0 Å². The Balaban J connectivity index is 2.34. The van der Waals surface area contributed by atoms with Gasteiger partial charge < -0.3 is 0 Å². The fourth-order valence-corrected chi connectivity index (χ4v) is 3.53. The Bertz CT molecular complexity index is 640. The zero-order valence-electron chi connectivity index (χ0n) is 11.6. The molecule has 0 bridgehead atoms. The molecule has 0 saturated carbocycles. The molecule has 0 fully saturated rings. The first-order chi connectivity index (χ1) is 9.51. The molecule has 2 rings (SSSR count). The monoisotopic (exact) mass is 290 g/mol. The SMILES string of the molecule is CC(C)N(Cc1ccccc1)S(=O)(=O)c1cccnc1. The molecule has 4 nitrogen and oxygen atoms in total. The van der Waals surface area contributed by atoms with Crippen molar-refractivity contribution in [1.29, 1.82) is 0 Å². The summed E-state index contributed by atoms with van der Waals surface area (Å²) in [5.74, 6) is 0. The van der Waals surface area contributed by atoms with Gasteiger partial charge in [0.2, 0.25) is 10.0 Å². The largest absolute Gasteiger partial charge is 0.263 e. The van der Waals surface area contributed by atoms with Crippen molar-refractivity contribution < 1.29 is 8.42 Å². The van der Waals surface area contributed by atoms with E-state index < -0.39 is 10.0 Å². The standard InChI is InChI=1S/C15H18N2O2S/c1-13(2)17(12-14-7-4-3-5-8-14)20(18,19)15-9-6-10-16-11-15/h3-11,13H,12H2,1-2H3. The zero-order valence-corrected chi connectivity index (χ0v) is 12.4. The molecule has 0 aliphatic carbocycles. The van der Waals surface area contributed by atoms with Crippen molar-refractivity contribution in [2.45, 2.75) is 31.3 Å². The van der Waals surface area contributed by atoms with Crippen LogP contribution >= 0.6 is 0 Å². The quantitative estimate of drug-likeness (QED) is 0.850. The Morgan fingerprint density at radius 2 is 1.80 bits per heavy atom. The molecule has 0 saturated heterocycles. The van der Waals surface area contributed by atoms with Crippen molar-refractivity contribution in [3.05, 3.63) is 60.4 Å². The van der Waals surface area contributed by atoms with E-state index >= 15 is 0 Å². The zero-order chi connectivity index (χ0) is 14.6. The van der Waals surface area contributed by atoms with Crippen LogP contribution < -0.4 is 0 Å². The van der Waals surface area contributed by atoms with Crippen molar-refractivity contribution in [2.75, 3.05) is 0 Å². The van der Waals surface area contributed by atoms with Crippen molar-refractivity contribution in [3.8, 4) is 0 Å². The van der Waals surface area contributed by atoms with Crippen LogP contribution in [0.5, 0.6) is 0 Å². The predicted molar refractivity (Wildman–Crippen MR) is 78.5 cm³/mol. The van der Waals surface area contributed by atoms with E-state index in [1.54, 1.807) is 18.3 Å². The summed E-state index contributed by atoms with van der Waals surface area (Å²) in [5.41, 5.74) is 0.966. The molecule has 20 heavy (non-hydrogen) atoms. The highest BCUT2D eigenvalue weighted by atomic mass is 32.2. The maximum Gasteiger partial charge on any atom is 0.245 e. The smallest absolute Gasteiger partial charge is 0.245 e. The fraction of sp³-hybridized carbons (Fsp3) is 0.267. The lowest BCUT2D eigenvalue weighted by molar-refractivity contribution is 0.348. The Kier molecular flexibility index (Phi) is 4.52. The van der Waals surface area contributed by atoms with E-state index in [0.717, 1.165) is 5.56 Å². The average molecular weight is 290 g/mol. The molecule has 0 amide bonds. The maximum atomic E-state index is 12.7. The van der Waals surface area contributed by atoms with Crippen molar-refractivity contribution in [2.24, 2.45) is 0 Å². The summed E-state index contributed by atoms with van der Waals surface area (Å²) in [7, 11) is -3.53. The Morgan fingerprint density at radius 1 is 1.10 bits per heavy atom. The fourth-order valence-electron chi connectivity index (χ4n) is 1.94. The second-order valence-electron chi connectivity index (χ2n) is 4.82. The molecule has 1 heterocycles. The first-order valence-electron chi connectivity index (χ1n) is 6.47. The van der Waals surface area contributed by atoms with Crippen molar-refractivity contribution in [3.63, 3.8) is 0 Å². The van der Waals surface area contributed by atoms with Gasteiger partial charge in [-0.25, -0.2) is 8.42 Å². The van der Waals surface area contributed by atoms with Crippen LogP contribution in [0.4, 0.5) is 0 Å². The lowest BCUT2D eigenvalue weighted by Crippen LogP contribution is -2.36. The molecule has 0 atom stereocenters. The van der Waals surface area contributed by atoms with E-state index in [4.69, 9.17) is 0 Å². The second-order valence-corrected chi connectivity index (χ2v) is 6.71. The normalized spacial score (nSPS) is 12.0. The number of rotatable bonds is 5. The minimum atomic E-state index is -3.53. The highest BCUT2D eigenvalue weighted by molar-refractivity contribution is 7.89. The molecule has 0 unspecified atom stereocenters. The summed E-state index contributed by atoms with van der Waals surface area (Å²) < 4.78 is 26.8. The number of sulfonamides is 1. The molecule has 0 N–H and O–H groups in total. The van der Waals surface area contributed by atoms with Gasteiger partial charge in [0.1, 0.15) is 4.90 Å². The van der Waals surface area contributed by atoms with Gasteiger partial charge in [-0.1, -0.05) is 30.3 Å². The Labute approximate surface area is 120 Å². The van der Waals surface area contributed by atoms with Gasteiger partial charge in [-0.2, -0.15) is 4.31 Å². The van der Waals surface area contributed by atoms with Crippen molar-refractivity contribution in [1.82, 2.24) is 9.29 Å². The second kappa shape index (κ2) is 6.15. The summed E-state index contributed by atoms with van der Waals surface area (Å²) in [5, 5.41) is 0.